The number of benzene rings is 1. The highest BCUT2D eigenvalue weighted by Gasteiger charge is 2.32. The number of halogens is 4. The molecule has 1 aliphatic rings. The molecule has 25 heavy (non-hydrogen) atoms. The Labute approximate surface area is 164 Å². The Balaban J connectivity index is 2.16. The number of hydrogen-bond donors (Lipinski definition) is 2. The van der Waals surface area contributed by atoms with E-state index in [-0.39, 0.29) is 16.7 Å². The number of alkyl halides is 1. The third-order valence-electron chi connectivity index (χ3n) is 3.43. The molecule has 130 valence electrons. The Morgan fingerprint density at radius 3 is 2.76 bits per heavy atom. The zero-order chi connectivity index (χ0) is 18.1. The predicted octanol–water partition coefficient (Wildman–Crippen LogP) is 4.41. The molecular formula is C15H9BrCl2FN3O2S. The average molecular weight is 465 g/mol. The zero-order valence-corrected chi connectivity index (χ0v) is 16.2. The molecule has 1 atom stereocenters. The lowest BCUT2D eigenvalue weighted by Gasteiger charge is -2.25. The molecule has 5 nitrogen and oxygen atoms in total. The summed E-state index contributed by atoms with van der Waals surface area (Å²) >= 11 is 16.2. The lowest BCUT2D eigenvalue weighted by molar-refractivity contribution is -0.133. The van der Waals surface area contributed by atoms with E-state index in [1.165, 1.54) is 6.07 Å². The smallest absolute Gasteiger partial charge is 0.335 e. The maximum Gasteiger partial charge on any atom is 0.335 e. The van der Waals surface area contributed by atoms with Crippen molar-refractivity contribution in [3.05, 3.63) is 61.4 Å². The van der Waals surface area contributed by atoms with Crippen LogP contribution < -0.4 is 5.32 Å². The van der Waals surface area contributed by atoms with Gasteiger partial charge in [-0.3, -0.25) is 4.99 Å². The molecule has 3 rings (SSSR count). The first-order chi connectivity index (χ1) is 11.9. The molecule has 2 aromatic rings. The summed E-state index contributed by atoms with van der Waals surface area (Å²) in [4.78, 5) is 20.2. The highest BCUT2D eigenvalue weighted by Crippen LogP contribution is 2.37. The Kier molecular flexibility index (Phi) is 5.43. The van der Waals surface area contributed by atoms with E-state index in [0.29, 0.717) is 26.3 Å². The summed E-state index contributed by atoms with van der Waals surface area (Å²) in [6.07, 6.45) is 1.08. The number of hydrogen-bond acceptors (Lipinski definition) is 5. The number of nitrogens with one attached hydrogen (secondary N) is 1. The van der Waals surface area contributed by atoms with Crippen LogP contribution in [-0.2, 0) is 4.79 Å². The van der Waals surface area contributed by atoms with Crippen molar-refractivity contribution in [1.82, 2.24) is 10.3 Å². The molecule has 0 radical (unpaired) electrons. The molecule has 1 aromatic carbocycles. The molecule has 1 unspecified atom stereocenters. The molecule has 0 saturated carbocycles. The first-order valence-corrected chi connectivity index (χ1v) is 9.54. The molecule has 1 aliphatic heterocycles. The van der Waals surface area contributed by atoms with Crippen molar-refractivity contribution in [2.45, 2.75) is 6.04 Å². The fourth-order valence-corrected chi connectivity index (χ4v) is 3.92. The highest BCUT2D eigenvalue weighted by molar-refractivity contribution is 9.09. The standard InChI is InChI=1S/C15H9BrCl2FN3O2S/c16-4-9-11(15(23)24)12(7-2-1-6(17)3-8(7)18)22-13(21-9)14-20-5-10(19)25-14/h1-3,5,12H,4H2,(H,21,22)(H,23,24). The van der Waals surface area contributed by atoms with E-state index in [4.69, 9.17) is 23.2 Å². The molecule has 10 heteroatoms. The molecule has 1 aromatic heterocycles. The van der Waals surface area contributed by atoms with Gasteiger partial charge in [0.2, 0.25) is 0 Å². The maximum absolute atomic E-state index is 13.3. The quantitative estimate of drug-likeness (QED) is 0.657. The summed E-state index contributed by atoms with van der Waals surface area (Å²) in [5.41, 5.74) is 0.920. The van der Waals surface area contributed by atoms with Crippen LogP contribution in [0.15, 0.2) is 40.7 Å². The Morgan fingerprint density at radius 2 is 2.20 bits per heavy atom. The molecular weight excluding hydrogens is 456 g/mol. The van der Waals surface area contributed by atoms with Crippen molar-refractivity contribution < 1.29 is 14.3 Å². The van der Waals surface area contributed by atoms with E-state index in [2.05, 4.69) is 31.2 Å². The van der Waals surface area contributed by atoms with E-state index in [1.807, 2.05) is 0 Å². The van der Waals surface area contributed by atoms with Crippen LogP contribution in [-0.4, -0.2) is 27.2 Å². The second kappa shape index (κ2) is 7.41. The van der Waals surface area contributed by atoms with Crippen molar-refractivity contribution in [1.29, 1.82) is 0 Å². The van der Waals surface area contributed by atoms with Gasteiger partial charge in [-0.1, -0.05) is 56.5 Å². The minimum absolute atomic E-state index is 0.0434. The number of thiazole rings is 1. The van der Waals surface area contributed by atoms with Gasteiger partial charge in [0.1, 0.15) is 6.04 Å². The number of carboxylic acids is 1. The normalized spacial score (nSPS) is 17.3. The van der Waals surface area contributed by atoms with Crippen LogP contribution >= 0.6 is 50.5 Å². The highest BCUT2D eigenvalue weighted by atomic mass is 79.9. The van der Waals surface area contributed by atoms with Crippen LogP contribution in [0, 0.1) is 5.13 Å². The third kappa shape index (κ3) is 3.72. The van der Waals surface area contributed by atoms with E-state index in [0.717, 1.165) is 17.5 Å². The van der Waals surface area contributed by atoms with Crippen LogP contribution in [0.5, 0.6) is 0 Å². The first kappa shape index (κ1) is 18.3. The molecule has 0 amide bonds. The van der Waals surface area contributed by atoms with Crippen molar-refractivity contribution >= 4 is 62.3 Å². The van der Waals surface area contributed by atoms with E-state index in [1.54, 1.807) is 12.1 Å². The van der Waals surface area contributed by atoms with Crippen LogP contribution in [0.3, 0.4) is 0 Å². The van der Waals surface area contributed by atoms with Gasteiger partial charge in [0, 0.05) is 26.6 Å². The summed E-state index contributed by atoms with van der Waals surface area (Å²) in [5, 5.41) is 13.4. The number of allylic oxidation sites excluding steroid dienone is 1. The summed E-state index contributed by atoms with van der Waals surface area (Å²) in [7, 11) is 0. The number of aromatic nitrogens is 1. The van der Waals surface area contributed by atoms with Gasteiger partial charge >= 0.3 is 5.97 Å². The number of rotatable bonds is 4. The minimum Gasteiger partial charge on any atom is -0.478 e. The van der Waals surface area contributed by atoms with Crippen molar-refractivity contribution in [2.75, 3.05) is 5.33 Å². The number of carboxylic acid groups (broad SMARTS) is 1. The maximum atomic E-state index is 13.3. The molecule has 0 saturated heterocycles. The average Bonchev–Trinajstić information content (AvgIpc) is 3.00. The van der Waals surface area contributed by atoms with Gasteiger partial charge in [0.25, 0.3) is 0 Å². The monoisotopic (exact) mass is 463 g/mol. The lowest BCUT2D eigenvalue weighted by Crippen LogP contribution is -2.34. The molecule has 2 N–H and O–H groups in total. The molecule has 0 fully saturated rings. The van der Waals surface area contributed by atoms with Gasteiger partial charge in [0.15, 0.2) is 16.0 Å². The van der Waals surface area contributed by atoms with Gasteiger partial charge in [-0.25, -0.2) is 9.78 Å². The Morgan fingerprint density at radius 1 is 1.44 bits per heavy atom. The van der Waals surface area contributed by atoms with Crippen LogP contribution in [0.1, 0.15) is 16.6 Å². The van der Waals surface area contributed by atoms with E-state index in [9.17, 15) is 14.3 Å². The second-order valence-electron chi connectivity index (χ2n) is 4.97. The fraction of sp³-hybridized carbons (Fsp3) is 0.133. The summed E-state index contributed by atoms with van der Waals surface area (Å²) in [6.45, 7) is 0. The lowest BCUT2D eigenvalue weighted by atomic mass is 9.96. The summed E-state index contributed by atoms with van der Waals surface area (Å²) in [6, 6.07) is 3.87. The number of nitrogens with zero attached hydrogens (tertiary/aromatic N) is 2. The SMILES string of the molecule is O=C(O)C1=C(CBr)NC(c2ncc(F)s2)=NC1c1ccc(Cl)cc1Cl. The molecule has 0 spiro atoms. The van der Waals surface area contributed by atoms with Gasteiger partial charge in [0.05, 0.1) is 11.8 Å². The van der Waals surface area contributed by atoms with Gasteiger partial charge < -0.3 is 10.4 Å². The van der Waals surface area contributed by atoms with Crippen molar-refractivity contribution in [3.8, 4) is 0 Å². The second-order valence-corrected chi connectivity index (χ2v) is 7.36. The van der Waals surface area contributed by atoms with E-state index >= 15 is 0 Å². The summed E-state index contributed by atoms with van der Waals surface area (Å²) in [5.74, 6) is -0.851. The topological polar surface area (TPSA) is 74.6 Å². The van der Waals surface area contributed by atoms with Crippen LogP contribution in [0.25, 0.3) is 0 Å². The van der Waals surface area contributed by atoms with E-state index < -0.39 is 17.1 Å². The summed E-state index contributed by atoms with van der Waals surface area (Å²) < 4.78 is 13.3. The van der Waals surface area contributed by atoms with Gasteiger partial charge in [-0.05, 0) is 12.1 Å². The number of aliphatic imine (C=N–C) groups is 1. The molecule has 0 aliphatic carbocycles. The third-order valence-corrected chi connectivity index (χ3v) is 5.34. The first-order valence-electron chi connectivity index (χ1n) is 6.84. The minimum atomic E-state index is -1.13. The van der Waals surface area contributed by atoms with Crippen molar-refractivity contribution in [3.63, 3.8) is 0 Å². The number of carbonyl (C=O) groups is 1. The Bertz CT molecular complexity index is 916. The van der Waals surface area contributed by atoms with Gasteiger partial charge in [-0.2, -0.15) is 4.39 Å². The number of amidine groups is 1. The fourth-order valence-electron chi connectivity index (χ4n) is 2.37. The molecule has 2 heterocycles. The largest absolute Gasteiger partial charge is 0.478 e. The predicted molar refractivity (Wildman–Crippen MR) is 99.4 cm³/mol. The van der Waals surface area contributed by atoms with Gasteiger partial charge in [-0.15, -0.1) is 0 Å². The number of aliphatic carboxylic acids is 1. The molecule has 0 bridgehead atoms. The Hall–Kier alpha value is -1.48. The zero-order valence-electron chi connectivity index (χ0n) is 12.3. The van der Waals surface area contributed by atoms with Crippen LogP contribution in [0.4, 0.5) is 4.39 Å². The van der Waals surface area contributed by atoms with Crippen LogP contribution in [0.2, 0.25) is 10.0 Å². The van der Waals surface area contributed by atoms with Crippen molar-refractivity contribution in [2.24, 2.45) is 4.99 Å².